The molecule has 0 radical (unpaired) electrons. The molecule has 9 nitrogen and oxygen atoms in total. The molecule has 0 rings (SSSR count). The van der Waals surface area contributed by atoms with Crippen LogP contribution in [0.3, 0.4) is 0 Å². The Morgan fingerprint density at radius 3 is 0.915 bits per heavy atom. The summed E-state index contributed by atoms with van der Waals surface area (Å²) in [7, 11) is 1.45. The average Bonchev–Trinajstić information content (AvgIpc) is 1.57. The molecule has 2 atom stereocenters. The molecule has 0 bridgehead atoms. The van der Waals surface area contributed by atoms with E-state index >= 15 is 0 Å². The molecule has 0 fully saturated rings. The van der Waals surface area contributed by atoms with Crippen LogP contribution in [-0.4, -0.2) is 74.9 Å². The number of unbranched alkanes of at least 4 members (excludes halogenated alkanes) is 29. The minimum atomic E-state index is -4.41. The normalized spacial score (nSPS) is 14.0. The maximum atomic E-state index is 12.9. The third kappa shape index (κ3) is 76.6. The molecule has 0 aromatic rings. The summed E-state index contributed by atoms with van der Waals surface area (Å²) in [5, 5.41) is 0. The van der Waals surface area contributed by atoms with Crippen molar-refractivity contribution in [2.45, 2.75) is 315 Å². The van der Waals surface area contributed by atoms with Crippen molar-refractivity contribution in [3.63, 3.8) is 0 Å². The Balaban J connectivity index is 4.13. The molecule has 0 aliphatic carbocycles. The number of phosphoric acid groups is 1. The quantitative estimate of drug-likeness (QED) is 0.0211. The van der Waals surface area contributed by atoms with Crippen LogP contribution in [0.4, 0.5) is 0 Å². The fraction of sp³-hybridized carbons (Fsp3) is 0.667. The summed E-state index contributed by atoms with van der Waals surface area (Å²) in [5.74, 6) is -0.827. The van der Waals surface area contributed by atoms with Gasteiger partial charge in [0.1, 0.15) is 19.8 Å². The van der Waals surface area contributed by atoms with Gasteiger partial charge in [-0.3, -0.25) is 18.6 Å². The number of quaternary nitrogens is 1. The summed E-state index contributed by atoms with van der Waals surface area (Å²) in [6.45, 7) is 4.30. The van der Waals surface area contributed by atoms with Gasteiger partial charge in [0.15, 0.2) is 6.10 Å². The van der Waals surface area contributed by atoms with Crippen molar-refractivity contribution in [2.24, 2.45) is 0 Å². The summed E-state index contributed by atoms with van der Waals surface area (Å²) in [6, 6.07) is 0. The number of hydrogen-bond acceptors (Lipinski definition) is 7. The van der Waals surface area contributed by atoms with E-state index in [0.717, 1.165) is 122 Å². The van der Waals surface area contributed by atoms with Crippen molar-refractivity contribution < 1.29 is 42.1 Å². The van der Waals surface area contributed by atoms with Crippen LogP contribution in [0.2, 0.25) is 0 Å². The lowest BCUT2D eigenvalue weighted by molar-refractivity contribution is -0.870. The predicted molar refractivity (Wildman–Crippen MR) is 408 cm³/mol. The summed E-state index contributed by atoms with van der Waals surface area (Å²) >= 11 is 0. The van der Waals surface area contributed by atoms with E-state index in [9.17, 15) is 19.0 Å². The monoisotopic (exact) mass is 1330 g/mol. The lowest BCUT2D eigenvalue weighted by atomic mass is 10.0. The molecular weight excluding hydrogens is 1180 g/mol. The van der Waals surface area contributed by atoms with Gasteiger partial charge in [0.2, 0.25) is 0 Å². The van der Waals surface area contributed by atoms with Crippen LogP contribution in [0.5, 0.6) is 0 Å². The lowest BCUT2D eigenvalue weighted by Crippen LogP contribution is -2.37. The Morgan fingerprint density at radius 2 is 0.606 bits per heavy atom. The Bertz CT molecular complexity index is 2150. The van der Waals surface area contributed by atoms with Crippen LogP contribution in [0.15, 0.2) is 158 Å². The molecule has 0 spiro atoms. The second kappa shape index (κ2) is 72.9. The Kier molecular flexibility index (Phi) is 69.5. The first kappa shape index (κ1) is 89.6. The number of ether oxygens (including phenoxy) is 2. The van der Waals surface area contributed by atoms with E-state index < -0.39 is 26.5 Å². The van der Waals surface area contributed by atoms with Crippen LogP contribution >= 0.6 is 7.82 Å². The molecule has 2 unspecified atom stereocenters. The molecule has 0 saturated heterocycles. The van der Waals surface area contributed by atoms with Crippen LogP contribution < -0.4 is 0 Å². The number of rotatable bonds is 69. The van der Waals surface area contributed by atoms with Crippen molar-refractivity contribution in [3.05, 3.63) is 158 Å². The predicted octanol–water partition coefficient (Wildman–Crippen LogP) is 25.5. The number of phosphoric ester groups is 1. The third-order valence-electron chi connectivity index (χ3n) is 16.0. The van der Waals surface area contributed by atoms with Crippen LogP contribution in [0.25, 0.3) is 0 Å². The van der Waals surface area contributed by atoms with E-state index in [1.807, 2.05) is 21.1 Å². The lowest BCUT2D eigenvalue weighted by Gasteiger charge is -2.24. The Labute approximate surface area is 579 Å². The largest absolute Gasteiger partial charge is 0.472 e. The molecule has 0 aromatic carbocycles. The molecule has 0 aliphatic rings. The van der Waals surface area contributed by atoms with Gasteiger partial charge in [-0.05, 0) is 128 Å². The van der Waals surface area contributed by atoms with E-state index in [-0.39, 0.29) is 32.0 Å². The van der Waals surface area contributed by atoms with Crippen molar-refractivity contribution in [1.82, 2.24) is 0 Å². The van der Waals surface area contributed by atoms with E-state index in [1.165, 1.54) is 154 Å². The smallest absolute Gasteiger partial charge is 0.462 e. The first-order valence-electron chi connectivity index (χ1n) is 38.2. The second-order valence-electron chi connectivity index (χ2n) is 26.3. The zero-order chi connectivity index (χ0) is 68.3. The van der Waals surface area contributed by atoms with E-state index in [4.69, 9.17) is 18.5 Å². The average molecular weight is 1330 g/mol. The van der Waals surface area contributed by atoms with Gasteiger partial charge < -0.3 is 18.9 Å². The molecule has 0 amide bonds. The Hall–Kier alpha value is -4.37. The highest BCUT2D eigenvalue weighted by atomic mass is 31.2. The molecule has 0 saturated carbocycles. The SMILES string of the molecule is CC/C=C\C/C=C\C/C=C\C/C=C\C/C=C\C/C=C\C/C=C\C/C=C\C/C=C\C/C=C\C/C=C\C/C=C\CCCCCCC(=O)OC(COC(=O)CCCCCCCCCCCCCCCCCCC/C=C\CCCCCCCCCC)COP(=O)(O)OCC[N+](C)(C)C. The summed E-state index contributed by atoms with van der Waals surface area (Å²) in [4.78, 5) is 35.9. The maximum absolute atomic E-state index is 12.9. The van der Waals surface area contributed by atoms with Crippen LogP contribution in [0, 0.1) is 0 Å². The standard InChI is InChI=1S/C84H142NO8P/c1-6-8-10-12-14-16-18-20-22-24-26-28-30-32-34-36-37-38-39-40-41-42-43-44-45-46-47-49-51-53-55-57-59-61-63-65-67-69-71-73-75-77-84(87)93-82(81-92-94(88,89)91-79-78-85(3,4)5)80-90-83(86)76-74-72-70-68-66-64-62-60-58-56-54-52-50-48-35-33-31-29-27-25-23-21-19-17-15-13-11-9-7-2/h8,10,14,16,20,22,25-28,32,34,37-38,40-41,43-44,46-47,51,53,57,59,63,65,82H,6-7,9,11-13,15,17-19,21,23-24,29-31,33,35-36,39,42,45,48-50,52,54-56,58,60-62,64,66-81H2,1-5H3/p+1/b10-8-,16-14-,22-20-,27-25-,28-26-,34-32-,38-37-,41-40-,44-43-,47-46-,53-51-,59-57-,65-63-. The van der Waals surface area contributed by atoms with Gasteiger partial charge in [0, 0.05) is 12.8 Å². The molecule has 10 heteroatoms. The highest BCUT2D eigenvalue weighted by Crippen LogP contribution is 2.43. The molecule has 0 aliphatic heterocycles. The van der Waals surface area contributed by atoms with Gasteiger partial charge in [0.25, 0.3) is 0 Å². The molecule has 94 heavy (non-hydrogen) atoms. The van der Waals surface area contributed by atoms with Gasteiger partial charge in [0.05, 0.1) is 27.7 Å². The van der Waals surface area contributed by atoms with E-state index in [1.54, 1.807) is 0 Å². The fourth-order valence-corrected chi connectivity index (χ4v) is 11.0. The number of hydrogen-bond donors (Lipinski definition) is 1. The topological polar surface area (TPSA) is 108 Å². The number of esters is 2. The minimum Gasteiger partial charge on any atom is -0.462 e. The summed E-state index contributed by atoms with van der Waals surface area (Å²) in [6.07, 6.45) is 109. The van der Waals surface area contributed by atoms with E-state index in [0.29, 0.717) is 17.4 Å². The molecule has 1 N–H and O–H groups in total. The third-order valence-corrected chi connectivity index (χ3v) is 17.0. The van der Waals surface area contributed by atoms with Gasteiger partial charge in [-0.1, -0.05) is 326 Å². The Morgan fingerprint density at radius 1 is 0.340 bits per heavy atom. The van der Waals surface area contributed by atoms with Crippen LogP contribution in [-0.2, 0) is 32.7 Å². The van der Waals surface area contributed by atoms with Crippen molar-refractivity contribution in [1.29, 1.82) is 0 Å². The van der Waals surface area contributed by atoms with Crippen LogP contribution in [0.1, 0.15) is 309 Å². The summed E-state index contributed by atoms with van der Waals surface area (Å²) in [5.41, 5.74) is 0. The van der Waals surface area contributed by atoms with Crippen molar-refractivity contribution in [3.8, 4) is 0 Å². The van der Waals surface area contributed by atoms with E-state index in [2.05, 4.69) is 172 Å². The number of nitrogens with zero attached hydrogens (tertiary/aromatic N) is 1. The summed E-state index contributed by atoms with van der Waals surface area (Å²) < 4.78 is 34.7. The first-order chi connectivity index (χ1) is 46.0. The van der Waals surface area contributed by atoms with Gasteiger partial charge >= 0.3 is 19.8 Å². The number of likely N-dealkylation sites (N-methyl/N-ethyl adjacent to an activating group) is 1. The zero-order valence-corrected chi connectivity index (χ0v) is 62.0. The first-order valence-corrected chi connectivity index (χ1v) is 39.7. The van der Waals surface area contributed by atoms with Gasteiger partial charge in [-0.15, -0.1) is 0 Å². The molecule has 536 valence electrons. The zero-order valence-electron chi connectivity index (χ0n) is 61.1. The number of carbonyl (C=O) groups is 2. The fourth-order valence-electron chi connectivity index (χ4n) is 10.2. The molecular formula is C84H143NO8P+. The maximum Gasteiger partial charge on any atom is 0.472 e. The number of allylic oxidation sites excluding steroid dienone is 26. The molecule has 0 aromatic heterocycles. The highest BCUT2D eigenvalue weighted by Gasteiger charge is 2.27. The molecule has 0 heterocycles. The van der Waals surface area contributed by atoms with Crippen molar-refractivity contribution >= 4 is 19.8 Å². The van der Waals surface area contributed by atoms with Gasteiger partial charge in [-0.25, -0.2) is 4.57 Å². The van der Waals surface area contributed by atoms with Crippen molar-refractivity contribution in [2.75, 3.05) is 47.5 Å². The number of carbonyl (C=O) groups excluding carboxylic acids is 2. The van der Waals surface area contributed by atoms with Gasteiger partial charge in [-0.2, -0.15) is 0 Å². The minimum absolute atomic E-state index is 0.0197. The second-order valence-corrected chi connectivity index (χ2v) is 27.8. The highest BCUT2D eigenvalue weighted by molar-refractivity contribution is 7.47.